The molecule has 8 heteroatoms. The lowest BCUT2D eigenvalue weighted by Crippen LogP contribution is -2.41. The maximum atomic E-state index is 13.7. The van der Waals surface area contributed by atoms with E-state index in [-0.39, 0.29) is 30.2 Å². The highest BCUT2D eigenvalue weighted by atomic mass is 35.5. The van der Waals surface area contributed by atoms with Crippen LogP contribution in [-0.4, -0.2) is 44.0 Å². The molecular weight excluding hydrogens is 490 g/mol. The first-order chi connectivity index (χ1) is 17.7. The maximum absolute atomic E-state index is 13.7. The van der Waals surface area contributed by atoms with Gasteiger partial charge < -0.3 is 25.4 Å². The van der Waals surface area contributed by atoms with Gasteiger partial charge >= 0.3 is 0 Å². The summed E-state index contributed by atoms with van der Waals surface area (Å²) in [5.41, 5.74) is 8.35. The summed E-state index contributed by atoms with van der Waals surface area (Å²) in [5.74, 6) is 0.668. The fourth-order valence-electron chi connectivity index (χ4n) is 3.90. The van der Waals surface area contributed by atoms with E-state index in [1.807, 2.05) is 44.2 Å². The molecule has 2 amide bonds. The molecule has 3 aromatic rings. The van der Waals surface area contributed by atoms with Crippen LogP contribution >= 0.6 is 11.6 Å². The molecule has 0 aliphatic carbocycles. The highest BCUT2D eigenvalue weighted by Crippen LogP contribution is 2.30. The van der Waals surface area contributed by atoms with E-state index >= 15 is 0 Å². The van der Waals surface area contributed by atoms with E-state index < -0.39 is 0 Å². The number of hydrogen-bond acceptors (Lipinski definition) is 5. The van der Waals surface area contributed by atoms with E-state index in [0.29, 0.717) is 46.4 Å². The Morgan fingerprint density at radius 1 is 0.973 bits per heavy atom. The number of hydrogen-bond donors (Lipinski definition) is 2. The summed E-state index contributed by atoms with van der Waals surface area (Å²) in [5, 5.41) is 3.42. The van der Waals surface area contributed by atoms with Crippen molar-refractivity contribution in [1.29, 1.82) is 0 Å². The molecule has 196 valence electrons. The predicted octanol–water partition coefficient (Wildman–Crippen LogP) is 5.17. The molecule has 37 heavy (non-hydrogen) atoms. The van der Waals surface area contributed by atoms with Crippen molar-refractivity contribution in [3.05, 3.63) is 88.4 Å². The molecule has 0 aliphatic rings. The van der Waals surface area contributed by atoms with Gasteiger partial charge in [0.1, 0.15) is 0 Å². The summed E-state index contributed by atoms with van der Waals surface area (Å²) >= 11 is 6.54. The molecule has 3 aromatic carbocycles. The van der Waals surface area contributed by atoms with E-state index in [0.717, 1.165) is 5.56 Å². The number of benzene rings is 3. The zero-order valence-corrected chi connectivity index (χ0v) is 22.5. The Bertz CT molecular complexity index is 1230. The maximum Gasteiger partial charge on any atom is 0.254 e. The average molecular weight is 524 g/mol. The molecule has 3 N–H and O–H groups in total. The summed E-state index contributed by atoms with van der Waals surface area (Å²) in [6.07, 6.45) is 0.257. The van der Waals surface area contributed by atoms with Crippen LogP contribution in [0.3, 0.4) is 0 Å². The molecule has 0 spiro atoms. The summed E-state index contributed by atoms with van der Waals surface area (Å²) < 4.78 is 10.7. The van der Waals surface area contributed by atoms with Gasteiger partial charge in [0.15, 0.2) is 11.5 Å². The Labute approximate surface area is 223 Å². The zero-order chi connectivity index (χ0) is 27.0. The predicted molar refractivity (Wildman–Crippen MR) is 147 cm³/mol. The number of amides is 2. The minimum Gasteiger partial charge on any atom is -0.493 e. The fraction of sp³-hybridized carbons (Fsp3) is 0.310. The van der Waals surface area contributed by atoms with Crippen LogP contribution in [0.15, 0.2) is 66.7 Å². The first kappa shape index (κ1) is 28.0. The van der Waals surface area contributed by atoms with E-state index in [9.17, 15) is 9.59 Å². The van der Waals surface area contributed by atoms with Crippen LogP contribution in [0.25, 0.3) is 0 Å². The van der Waals surface area contributed by atoms with Gasteiger partial charge in [-0.3, -0.25) is 9.59 Å². The van der Waals surface area contributed by atoms with Crippen LogP contribution in [0.2, 0.25) is 5.02 Å². The van der Waals surface area contributed by atoms with Gasteiger partial charge in [-0.05, 0) is 59.5 Å². The summed E-state index contributed by atoms with van der Waals surface area (Å²) in [6, 6.07) is 19.9. The Hall–Kier alpha value is -3.55. The van der Waals surface area contributed by atoms with Gasteiger partial charge in [0.25, 0.3) is 5.91 Å². The van der Waals surface area contributed by atoms with Crippen molar-refractivity contribution in [2.75, 3.05) is 32.6 Å². The largest absolute Gasteiger partial charge is 0.493 e. The third-order valence-corrected chi connectivity index (χ3v) is 6.36. The highest BCUT2D eigenvalue weighted by Gasteiger charge is 2.26. The second kappa shape index (κ2) is 12.6. The first-order valence-electron chi connectivity index (χ1n) is 12.0. The minimum atomic E-state index is -0.333. The lowest BCUT2D eigenvalue weighted by molar-refractivity contribution is -0.115. The Morgan fingerprint density at radius 3 is 2.32 bits per heavy atom. The molecular formula is C29H34ClN3O4. The van der Waals surface area contributed by atoms with Crippen LogP contribution in [0, 0.1) is 5.41 Å². The van der Waals surface area contributed by atoms with Crippen molar-refractivity contribution in [1.82, 2.24) is 4.90 Å². The second-order valence-corrected chi connectivity index (χ2v) is 10.0. The van der Waals surface area contributed by atoms with Crippen molar-refractivity contribution in [3.8, 4) is 11.5 Å². The van der Waals surface area contributed by atoms with Crippen molar-refractivity contribution in [2.45, 2.75) is 26.8 Å². The topological polar surface area (TPSA) is 93.9 Å². The molecule has 0 radical (unpaired) electrons. The molecule has 0 aliphatic heterocycles. The fourth-order valence-corrected chi connectivity index (χ4v) is 4.08. The number of rotatable bonds is 11. The number of anilines is 1. The van der Waals surface area contributed by atoms with Crippen LogP contribution in [0.5, 0.6) is 11.5 Å². The van der Waals surface area contributed by atoms with Gasteiger partial charge in [-0.2, -0.15) is 0 Å². The van der Waals surface area contributed by atoms with Crippen LogP contribution in [0.4, 0.5) is 5.69 Å². The van der Waals surface area contributed by atoms with Gasteiger partial charge in [0.05, 0.1) is 20.6 Å². The molecule has 0 heterocycles. The van der Waals surface area contributed by atoms with Crippen molar-refractivity contribution < 1.29 is 19.1 Å². The van der Waals surface area contributed by atoms with Crippen molar-refractivity contribution in [3.63, 3.8) is 0 Å². The molecule has 7 nitrogen and oxygen atoms in total. The molecule has 0 unspecified atom stereocenters. The van der Waals surface area contributed by atoms with Gasteiger partial charge in [-0.15, -0.1) is 0 Å². The average Bonchev–Trinajstić information content (AvgIpc) is 2.89. The summed E-state index contributed by atoms with van der Waals surface area (Å²) in [7, 11) is 3.07. The van der Waals surface area contributed by atoms with E-state index in [4.69, 9.17) is 26.8 Å². The molecule has 0 fully saturated rings. The number of nitrogens with zero attached hydrogens (tertiary/aromatic N) is 1. The standard InChI is InChI=1S/C29H34ClN3O4/c1-29(2,18-31)19-33(28(35)21-10-13-25(36-3)26(16-21)37-4)17-22-15-23(11-12-24(22)30)32-27(34)14-20-8-6-5-7-9-20/h5-13,15-16H,14,17-19,31H2,1-4H3,(H,32,34). The normalized spacial score (nSPS) is 11.1. The smallest absolute Gasteiger partial charge is 0.254 e. The zero-order valence-electron chi connectivity index (χ0n) is 21.7. The summed E-state index contributed by atoms with van der Waals surface area (Å²) in [6.45, 7) is 5.04. The van der Waals surface area contributed by atoms with Gasteiger partial charge in [0, 0.05) is 29.4 Å². The number of methoxy groups -OCH3 is 2. The second-order valence-electron chi connectivity index (χ2n) is 9.62. The van der Waals surface area contributed by atoms with Gasteiger partial charge in [-0.25, -0.2) is 0 Å². The Kier molecular flexibility index (Phi) is 9.55. The Morgan fingerprint density at radius 2 is 1.68 bits per heavy atom. The number of nitrogens with two attached hydrogens (primary N) is 1. The quantitative estimate of drug-likeness (QED) is 0.362. The van der Waals surface area contributed by atoms with Crippen LogP contribution < -0.4 is 20.5 Å². The molecule has 0 atom stereocenters. The number of carbonyl (C=O) groups is 2. The molecule has 0 aromatic heterocycles. The Balaban J connectivity index is 1.86. The molecule has 0 bridgehead atoms. The van der Waals surface area contributed by atoms with E-state index in [1.165, 1.54) is 7.11 Å². The van der Waals surface area contributed by atoms with Crippen molar-refractivity contribution in [2.24, 2.45) is 11.1 Å². The number of ether oxygens (including phenoxy) is 2. The molecule has 3 rings (SSSR count). The number of nitrogens with one attached hydrogen (secondary N) is 1. The van der Waals surface area contributed by atoms with Crippen molar-refractivity contribution >= 4 is 29.1 Å². The third kappa shape index (κ3) is 7.71. The van der Waals surface area contributed by atoms with E-state index in [2.05, 4.69) is 5.32 Å². The highest BCUT2D eigenvalue weighted by molar-refractivity contribution is 6.31. The van der Waals surface area contributed by atoms with E-state index in [1.54, 1.807) is 48.4 Å². The minimum absolute atomic E-state index is 0.137. The number of halogens is 1. The van der Waals surface area contributed by atoms with Gasteiger partial charge in [-0.1, -0.05) is 55.8 Å². The lowest BCUT2D eigenvalue weighted by Gasteiger charge is -2.32. The lowest BCUT2D eigenvalue weighted by atomic mass is 9.92. The SMILES string of the molecule is COc1ccc(C(=O)N(Cc2cc(NC(=O)Cc3ccccc3)ccc2Cl)CC(C)(C)CN)cc1OC. The van der Waals surface area contributed by atoms with Crippen LogP contribution in [0.1, 0.15) is 35.3 Å². The molecule has 0 saturated heterocycles. The molecule has 0 saturated carbocycles. The first-order valence-corrected chi connectivity index (χ1v) is 12.4. The monoisotopic (exact) mass is 523 g/mol. The van der Waals surface area contributed by atoms with Gasteiger partial charge in [0.2, 0.25) is 5.91 Å². The third-order valence-electron chi connectivity index (χ3n) is 5.99. The van der Waals surface area contributed by atoms with Crippen LogP contribution in [-0.2, 0) is 17.8 Å². The number of carbonyl (C=O) groups excluding carboxylic acids is 2. The summed E-state index contributed by atoms with van der Waals surface area (Å²) in [4.78, 5) is 28.0.